The van der Waals surface area contributed by atoms with Gasteiger partial charge in [0.15, 0.2) is 11.5 Å². The van der Waals surface area contributed by atoms with Gasteiger partial charge in [0.2, 0.25) is 0 Å². The molecule has 0 bridgehead atoms. The summed E-state index contributed by atoms with van der Waals surface area (Å²) in [5, 5.41) is 10.6. The molecule has 144 valence electrons. The number of hydrogen-bond acceptors (Lipinski definition) is 4. The van der Waals surface area contributed by atoms with Gasteiger partial charge in [0.25, 0.3) is 5.91 Å². The Balaban J connectivity index is 1.68. The van der Waals surface area contributed by atoms with E-state index in [1.807, 2.05) is 41.3 Å². The summed E-state index contributed by atoms with van der Waals surface area (Å²) in [5.41, 5.74) is 1.56. The topological polar surface area (TPSA) is 59.0 Å². The highest BCUT2D eigenvalue weighted by Gasteiger charge is 2.29. The van der Waals surface area contributed by atoms with Crippen LogP contribution in [0.25, 0.3) is 0 Å². The SMILES string of the molecule is COc1cc(I)c(C(=O)N2CCC(C(O)c3ccccc3)CC2)cc1OC. The summed E-state index contributed by atoms with van der Waals surface area (Å²) in [5.74, 6) is 1.33. The minimum atomic E-state index is -0.482. The molecule has 0 spiro atoms. The van der Waals surface area contributed by atoms with Gasteiger partial charge in [0.05, 0.1) is 25.9 Å². The van der Waals surface area contributed by atoms with E-state index in [0.29, 0.717) is 30.2 Å². The Morgan fingerprint density at radius 2 is 1.70 bits per heavy atom. The first kappa shape index (κ1) is 19.9. The van der Waals surface area contributed by atoms with Crippen molar-refractivity contribution in [2.75, 3.05) is 27.3 Å². The maximum absolute atomic E-state index is 13.0. The average Bonchev–Trinajstić information content (AvgIpc) is 2.73. The highest BCUT2D eigenvalue weighted by atomic mass is 127. The lowest BCUT2D eigenvalue weighted by Crippen LogP contribution is -2.40. The van der Waals surface area contributed by atoms with Crippen molar-refractivity contribution in [1.29, 1.82) is 0 Å². The number of methoxy groups -OCH3 is 2. The van der Waals surface area contributed by atoms with Crippen molar-refractivity contribution in [3.05, 3.63) is 57.2 Å². The molecule has 1 atom stereocenters. The second kappa shape index (κ2) is 8.93. The Morgan fingerprint density at radius 3 is 2.30 bits per heavy atom. The number of rotatable bonds is 5. The number of aliphatic hydroxyl groups is 1. The Labute approximate surface area is 173 Å². The zero-order valence-corrected chi connectivity index (χ0v) is 17.7. The van der Waals surface area contributed by atoms with Crippen LogP contribution >= 0.6 is 22.6 Å². The van der Waals surface area contributed by atoms with Gasteiger partial charge in [-0.25, -0.2) is 0 Å². The van der Waals surface area contributed by atoms with Gasteiger partial charge in [-0.15, -0.1) is 0 Å². The van der Waals surface area contributed by atoms with Crippen LogP contribution in [0.1, 0.15) is 34.9 Å². The van der Waals surface area contributed by atoms with Crippen LogP contribution in [0.3, 0.4) is 0 Å². The first-order valence-electron chi connectivity index (χ1n) is 8.99. The molecule has 1 unspecified atom stereocenters. The summed E-state index contributed by atoms with van der Waals surface area (Å²) in [7, 11) is 3.15. The highest BCUT2D eigenvalue weighted by molar-refractivity contribution is 14.1. The largest absolute Gasteiger partial charge is 0.493 e. The minimum absolute atomic E-state index is 0.00648. The van der Waals surface area contributed by atoms with E-state index in [-0.39, 0.29) is 11.8 Å². The molecule has 3 rings (SSSR count). The van der Waals surface area contributed by atoms with Crippen LogP contribution in [0.5, 0.6) is 11.5 Å². The molecule has 1 saturated heterocycles. The van der Waals surface area contributed by atoms with Crippen molar-refractivity contribution < 1.29 is 19.4 Å². The summed E-state index contributed by atoms with van der Waals surface area (Å²) in [4.78, 5) is 14.9. The van der Waals surface area contributed by atoms with Crippen molar-refractivity contribution in [1.82, 2.24) is 4.90 Å². The standard InChI is InChI=1S/C21H24INO4/c1-26-18-12-16(17(22)13-19(18)27-2)21(25)23-10-8-15(9-11-23)20(24)14-6-4-3-5-7-14/h3-7,12-13,15,20,24H,8-11H2,1-2H3. The molecule has 1 N–H and O–H groups in total. The number of carbonyl (C=O) groups is 1. The molecule has 0 radical (unpaired) electrons. The van der Waals surface area contributed by atoms with Crippen molar-refractivity contribution >= 4 is 28.5 Å². The molecule has 0 saturated carbocycles. The smallest absolute Gasteiger partial charge is 0.255 e. The third-order valence-electron chi connectivity index (χ3n) is 5.12. The van der Waals surface area contributed by atoms with E-state index in [4.69, 9.17) is 9.47 Å². The molecule has 2 aromatic rings. The third kappa shape index (κ3) is 4.38. The van der Waals surface area contributed by atoms with Crippen LogP contribution in [-0.4, -0.2) is 43.2 Å². The number of amides is 1. The van der Waals surface area contributed by atoms with Crippen LogP contribution in [0.2, 0.25) is 0 Å². The first-order valence-corrected chi connectivity index (χ1v) is 10.1. The van der Waals surface area contributed by atoms with Gasteiger partial charge in [-0.3, -0.25) is 4.79 Å². The fraction of sp³-hybridized carbons (Fsp3) is 0.381. The van der Waals surface area contributed by atoms with Crippen molar-refractivity contribution in [3.8, 4) is 11.5 Å². The Kier molecular flexibility index (Phi) is 6.59. The summed E-state index contributed by atoms with van der Waals surface area (Å²) in [6, 6.07) is 13.3. The van der Waals surface area contributed by atoms with E-state index in [0.717, 1.165) is 22.0 Å². The van der Waals surface area contributed by atoms with E-state index in [1.54, 1.807) is 20.3 Å². The second-order valence-corrected chi connectivity index (χ2v) is 7.83. The molecule has 1 amide bonds. The van der Waals surface area contributed by atoms with Gasteiger partial charge in [-0.1, -0.05) is 30.3 Å². The van der Waals surface area contributed by atoms with Gasteiger partial charge < -0.3 is 19.5 Å². The van der Waals surface area contributed by atoms with Gasteiger partial charge in [0, 0.05) is 16.7 Å². The lowest BCUT2D eigenvalue weighted by Gasteiger charge is -2.34. The molecule has 1 aliphatic rings. The summed E-state index contributed by atoms with van der Waals surface area (Å²) >= 11 is 2.15. The predicted molar refractivity (Wildman–Crippen MR) is 112 cm³/mol. The second-order valence-electron chi connectivity index (χ2n) is 6.67. The van der Waals surface area contributed by atoms with Crippen LogP contribution in [0.15, 0.2) is 42.5 Å². The van der Waals surface area contributed by atoms with Gasteiger partial charge in [-0.05, 0) is 59.0 Å². The molecule has 6 heteroatoms. The Morgan fingerprint density at radius 1 is 1.11 bits per heavy atom. The van der Waals surface area contributed by atoms with E-state index in [9.17, 15) is 9.90 Å². The van der Waals surface area contributed by atoms with E-state index in [1.165, 1.54) is 0 Å². The molecule has 0 aliphatic carbocycles. The summed E-state index contributed by atoms with van der Waals surface area (Å²) in [6.45, 7) is 1.27. The van der Waals surface area contributed by atoms with Crippen LogP contribution < -0.4 is 9.47 Å². The number of benzene rings is 2. The Hall–Kier alpha value is -1.80. The molecule has 0 aromatic heterocycles. The number of nitrogens with zero attached hydrogens (tertiary/aromatic N) is 1. The number of carbonyl (C=O) groups excluding carboxylic acids is 1. The number of ether oxygens (including phenoxy) is 2. The first-order chi connectivity index (χ1) is 13.0. The fourth-order valence-electron chi connectivity index (χ4n) is 3.53. The summed E-state index contributed by atoms with van der Waals surface area (Å²) in [6.07, 6.45) is 1.09. The maximum atomic E-state index is 13.0. The monoisotopic (exact) mass is 481 g/mol. The van der Waals surface area contributed by atoms with Gasteiger partial charge >= 0.3 is 0 Å². The molecular weight excluding hydrogens is 457 g/mol. The lowest BCUT2D eigenvalue weighted by atomic mass is 9.87. The van der Waals surface area contributed by atoms with Crippen molar-refractivity contribution in [2.45, 2.75) is 18.9 Å². The number of piperidine rings is 1. The Bertz CT molecular complexity index is 788. The zero-order chi connectivity index (χ0) is 19.4. The molecule has 1 fully saturated rings. The molecular formula is C21H24INO4. The van der Waals surface area contributed by atoms with Crippen LogP contribution in [0.4, 0.5) is 0 Å². The minimum Gasteiger partial charge on any atom is -0.493 e. The predicted octanol–water partition coefficient (Wildman–Crippen LogP) is 3.89. The average molecular weight is 481 g/mol. The maximum Gasteiger partial charge on any atom is 0.255 e. The van der Waals surface area contributed by atoms with Crippen LogP contribution in [-0.2, 0) is 0 Å². The number of aliphatic hydroxyl groups excluding tert-OH is 1. The number of likely N-dealkylation sites (tertiary alicyclic amines) is 1. The number of halogens is 1. The quantitative estimate of drug-likeness (QED) is 0.659. The van der Waals surface area contributed by atoms with E-state index in [2.05, 4.69) is 22.6 Å². The zero-order valence-electron chi connectivity index (χ0n) is 15.5. The fourth-order valence-corrected chi connectivity index (χ4v) is 4.20. The molecule has 1 aliphatic heterocycles. The third-order valence-corrected chi connectivity index (χ3v) is 6.01. The molecule has 27 heavy (non-hydrogen) atoms. The van der Waals surface area contributed by atoms with Crippen molar-refractivity contribution in [3.63, 3.8) is 0 Å². The lowest BCUT2D eigenvalue weighted by molar-refractivity contribution is 0.0461. The van der Waals surface area contributed by atoms with Crippen LogP contribution in [0, 0.1) is 9.49 Å². The normalized spacial score (nSPS) is 16.1. The van der Waals surface area contributed by atoms with Gasteiger partial charge in [-0.2, -0.15) is 0 Å². The highest BCUT2D eigenvalue weighted by Crippen LogP contribution is 2.34. The van der Waals surface area contributed by atoms with Crippen molar-refractivity contribution in [2.24, 2.45) is 5.92 Å². The van der Waals surface area contributed by atoms with E-state index < -0.39 is 6.10 Å². The van der Waals surface area contributed by atoms with Gasteiger partial charge in [0.1, 0.15) is 0 Å². The van der Waals surface area contributed by atoms with E-state index >= 15 is 0 Å². The molecule has 1 heterocycles. The summed E-state index contributed by atoms with van der Waals surface area (Å²) < 4.78 is 11.5. The molecule has 2 aromatic carbocycles. The number of hydrogen-bond donors (Lipinski definition) is 1. The molecule has 5 nitrogen and oxygen atoms in total.